The Hall–Kier alpha value is -1.89. The summed E-state index contributed by atoms with van der Waals surface area (Å²) in [4.78, 5) is 3.57. The lowest BCUT2D eigenvalue weighted by Gasteiger charge is -2.23. The molecule has 2 aromatic rings. The van der Waals surface area contributed by atoms with E-state index in [1.54, 1.807) is 12.1 Å². The maximum Gasteiger partial charge on any atom is 0.241 e. The third-order valence-electron chi connectivity index (χ3n) is 4.83. The molecule has 0 aromatic heterocycles. The fourth-order valence-electron chi connectivity index (χ4n) is 2.95. The van der Waals surface area contributed by atoms with E-state index in [1.807, 2.05) is 53.0 Å². The fourth-order valence-corrected chi connectivity index (χ4v) is 4.31. The van der Waals surface area contributed by atoms with Crippen molar-refractivity contribution in [1.82, 2.24) is 4.72 Å². The van der Waals surface area contributed by atoms with E-state index < -0.39 is 10.0 Å². The number of nitrogens with zero attached hydrogens (tertiary/aromatic N) is 1. The molecule has 0 spiro atoms. The highest BCUT2D eigenvalue weighted by atomic mass is 32.2. The Bertz CT molecular complexity index is 844. The average molecular weight is 377 g/mol. The van der Waals surface area contributed by atoms with Crippen LogP contribution in [0, 0.1) is 13.8 Å². The Balaban J connectivity index is 2.21. The molecule has 0 amide bonds. The van der Waals surface area contributed by atoms with Gasteiger partial charge in [-0.1, -0.05) is 24.3 Å². The van der Waals surface area contributed by atoms with Crippen molar-refractivity contribution >= 4 is 15.7 Å². The fraction of sp³-hybridized carbons (Fsp3) is 0.400. The predicted octanol–water partition coefficient (Wildman–Crippen LogP) is 1.53. The zero-order chi connectivity index (χ0) is 19.5. The molecule has 26 heavy (non-hydrogen) atoms. The minimum atomic E-state index is -3.54. The van der Waals surface area contributed by atoms with E-state index in [0.717, 1.165) is 22.4 Å². The van der Waals surface area contributed by atoms with Gasteiger partial charge in [-0.3, -0.25) is 0 Å². The van der Waals surface area contributed by atoms with E-state index in [9.17, 15) is 8.42 Å². The first kappa shape index (κ1) is 20.4. The van der Waals surface area contributed by atoms with Gasteiger partial charge in [0.15, 0.2) is 0 Å². The van der Waals surface area contributed by atoms with E-state index >= 15 is 0 Å². The lowest BCUT2D eigenvalue weighted by atomic mass is 10.1. The Morgan fingerprint density at radius 2 is 1.65 bits per heavy atom. The highest BCUT2D eigenvalue weighted by molar-refractivity contribution is 7.89. The van der Waals surface area contributed by atoms with Crippen LogP contribution in [0.25, 0.3) is 0 Å². The van der Waals surface area contributed by atoms with Crippen molar-refractivity contribution in [2.45, 2.75) is 24.8 Å². The van der Waals surface area contributed by atoms with Crippen molar-refractivity contribution in [3.8, 4) is 0 Å². The summed E-state index contributed by atoms with van der Waals surface area (Å²) in [5.41, 5.74) is 4.00. The number of sulfonamides is 1. The quantitative estimate of drug-likeness (QED) is 0.771. The number of nitrogens with one attached hydrogen (secondary N) is 2. The number of rotatable bonds is 7. The molecule has 0 saturated carbocycles. The van der Waals surface area contributed by atoms with Crippen LogP contribution >= 0.6 is 0 Å². The first-order valence-electron chi connectivity index (χ1n) is 8.76. The van der Waals surface area contributed by atoms with Crippen LogP contribution < -0.4 is 14.5 Å². The molecular weight excluding hydrogens is 346 g/mol. The molecule has 0 aliphatic heterocycles. The molecular formula is C20H30N3O2S+. The first-order chi connectivity index (χ1) is 12.1. The van der Waals surface area contributed by atoms with E-state index in [-0.39, 0.29) is 6.04 Å². The molecule has 6 heteroatoms. The summed E-state index contributed by atoms with van der Waals surface area (Å²) in [6, 6.07) is 13.7. The van der Waals surface area contributed by atoms with Gasteiger partial charge in [-0.15, -0.1) is 0 Å². The van der Waals surface area contributed by atoms with Crippen molar-refractivity contribution < 1.29 is 13.3 Å². The van der Waals surface area contributed by atoms with E-state index in [4.69, 9.17) is 0 Å². The predicted molar refractivity (Wildman–Crippen MR) is 107 cm³/mol. The SMILES string of the molecule is Cc1cccc(S(=O)(=O)NC[C@H](c2ccc(N(C)C)cc2)[NH+](C)C)c1C. The molecule has 2 N–H and O–H groups in total. The highest BCUT2D eigenvalue weighted by Gasteiger charge is 2.23. The molecule has 142 valence electrons. The number of hydrogen-bond acceptors (Lipinski definition) is 3. The molecule has 0 saturated heterocycles. The van der Waals surface area contributed by atoms with Crippen molar-refractivity contribution in [2.24, 2.45) is 0 Å². The minimum Gasteiger partial charge on any atom is -0.378 e. The molecule has 1 atom stereocenters. The van der Waals surface area contributed by atoms with Gasteiger partial charge in [0.25, 0.3) is 0 Å². The van der Waals surface area contributed by atoms with Gasteiger partial charge in [-0.05, 0) is 43.2 Å². The summed E-state index contributed by atoms with van der Waals surface area (Å²) < 4.78 is 28.4. The van der Waals surface area contributed by atoms with Crippen molar-refractivity contribution in [3.05, 3.63) is 59.2 Å². The van der Waals surface area contributed by atoms with Crippen LogP contribution in [0.4, 0.5) is 5.69 Å². The van der Waals surface area contributed by atoms with Gasteiger partial charge >= 0.3 is 0 Å². The third kappa shape index (κ3) is 4.63. The minimum absolute atomic E-state index is 0.0334. The summed E-state index contributed by atoms with van der Waals surface area (Å²) in [5.74, 6) is 0. The topological polar surface area (TPSA) is 53.9 Å². The van der Waals surface area contributed by atoms with Crippen LogP contribution in [0.5, 0.6) is 0 Å². The molecule has 0 aliphatic carbocycles. The Kier molecular flexibility index (Phi) is 6.44. The van der Waals surface area contributed by atoms with Gasteiger partial charge < -0.3 is 9.80 Å². The monoisotopic (exact) mass is 376 g/mol. The Morgan fingerprint density at radius 1 is 1.04 bits per heavy atom. The summed E-state index contributed by atoms with van der Waals surface area (Å²) in [5, 5.41) is 0. The summed E-state index contributed by atoms with van der Waals surface area (Å²) in [7, 11) is 4.54. The van der Waals surface area contributed by atoms with Crippen LogP contribution in [0.1, 0.15) is 22.7 Å². The second kappa shape index (κ2) is 8.20. The van der Waals surface area contributed by atoms with E-state index in [2.05, 4.69) is 29.0 Å². The smallest absolute Gasteiger partial charge is 0.241 e. The summed E-state index contributed by atoms with van der Waals surface area (Å²) in [6.07, 6.45) is 0. The van der Waals surface area contributed by atoms with E-state index in [1.165, 1.54) is 4.90 Å². The largest absolute Gasteiger partial charge is 0.378 e. The normalized spacial score (nSPS) is 13.0. The molecule has 0 bridgehead atoms. The van der Waals surface area contributed by atoms with Gasteiger partial charge in [0.2, 0.25) is 10.0 Å². The Morgan fingerprint density at radius 3 is 2.19 bits per heavy atom. The summed E-state index contributed by atoms with van der Waals surface area (Å²) in [6.45, 7) is 4.12. The first-order valence-corrected chi connectivity index (χ1v) is 10.2. The van der Waals surface area contributed by atoms with Crippen LogP contribution in [0.3, 0.4) is 0 Å². The van der Waals surface area contributed by atoms with Crippen molar-refractivity contribution in [3.63, 3.8) is 0 Å². The van der Waals surface area contributed by atoms with Crippen molar-refractivity contribution in [2.75, 3.05) is 39.6 Å². The molecule has 5 nitrogen and oxygen atoms in total. The highest BCUT2D eigenvalue weighted by Crippen LogP contribution is 2.19. The Labute approximate surface area is 157 Å². The number of likely N-dealkylation sites (N-methyl/N-ethyl adjacent to an activating group) is 1. The summed E-state index contributed by atoms with van der Waals surface area (Å²) >= 11 is 0. The lowest BCUT2D eigenvalue weighted by molar-refractivity contribution is -0.890. The average Bonchev–Trinajstić information content (AvgIpc) is 2.57. The number of benzene rings is 2. The molecule has 0 aliphatic rings. The van der Waals surface area contributed by atoms with Gasteiger partial charge in [-0.2, -0.15) is 0 Å². The zero-order valence-corrected chi connectivity index (χ0v) is 17.3. The number of anilines is 1. The van der Waals surface area contributed by atoms with Gasteiger partial charge in [0.05, 0.1) is 25.5 Å². The molecule has 0 unspecified atom stereocenters. The molecule has 2 rings (SSSR count). The maximum atomic E-state index is 12.8. The lowest BCUT2D eigenvalue weighted by Crippen LogP contribution is -3.07. The number of hydrogen-bond donors (Lipinski definition) is 2. The van der Waals surface area contributed by atoms with E-state index in [0.29, 0.717) is 11.4 Å². The molecule has 0 radical (unpaired) electrons. The van der Waals surface area contributed by atoms with Crippen molar-refractivity contribution in [1.29, 1.82) is 0 Å². The number of quaternary nitrogens is 1. The van der Waals surface area contributed by atoms with Crippen LogP contribution in [0.15, 0.2) is 47.4 Å². The van der Waals surface area contributed by atoms with Crippen LogP contribution in [0.2, 0.25) is 0 Å². The van der Waals surface area contributed by atoms with Gasteiger partial charge in [0, 0.05) is 25.3 Å². The zero-order valence-electron chi connectivity index (χ0n) is 16.5. The van der Waals surface area contributed by atoms with Gasteiger partial charge in [0.1, 0.15) is 6.04 Å². The molecule has 0 heterocycles. The number of aryl methyl sites for hydroxylation is 1. The van der Waals surface area contributed by atoms with Crippen LogP contribution in [-0.2, 0) is 10.0 Å². The van der Waals surface area contributed by atoms with Crippen LogP contribution in [-0.4, -0.2) is 43.2 Å². The standard InChI is InChI=1S/C20H29N3O2S/c1-15-8-7-9-20(16(15)2)26(24,25)21-14-19(23(5)6)17-10-12-18(13-11-17)22(3)4/h7-13,19,21H,14H2,1-6H3/p+1/t19-/m1/s1. The maximum absolute atomic E-state index is 12.8. The third-order valence-corrected chi connectivity index (χ3v) is 6.40. The second-order valence-corrected chi connectivity index (χ2v) is 8.90. The second-order valence-electron chi connectivity index (χ2n) is 7.17. The molecule has 0 fully saturated rings. The van der Waals surface area contributed by atoms with Gasteiger partial charge in [-0.25, -0.2) is 13.1 Å². The molecule has 2 aromatic carbocycles.